The van der Waals surface area contributed by atoms with Crippen LogP contribution < -0.4 is 4.74 Å². The zero-order valence-electron chi connectivity index (χ0n) is 13.1. The Bertz CT molecular complexity index is 697. The lowest BCUT2D eigenvalue weighted by Gasteiger charge is -2.09. The molecule has 0 spiro atoms. The van der Waals surface area contributed by atoms with Crippen LogP contribution in [0.3, 0.4) is 0 Å². The maximum atomic E-state index is 11.6. The Morgan fingerprint density at radius 3 is 2.41 bits per heavy atom. The summed E-state index contributed by atoms with van der Waals surface area (Å²) in [5.74, 6) is -0.147. The van der Waals surface area contributed by atoms with Crippen molar-refractivity contribution >= 4 is 17.6 Å². The number of hydrogen-bond donors (Lipinski definition) is 1. The molecule has 0 aliphatic carbocycles. The third-order valence-corrected chi connectivity index (χ3v) is 3.42. The van der Waals surface area contributed by atoms with Gasteiger partial charge in [0.1, 0.15) is 5.75 Å². The molecule has 0 heterocycles. The van der Waals surface area contributed by atoms with Crippen LogP contribution in [0.25, 0.3) is 11.6 Å². The van der Waals surface area contributed by atoms with Gasteiger partial charge in [0, 0.05) is 0 Å². The highest BCUT2D eigenvalue weighted by molar-refractivity contribution is 6.21. The van der Waals surface area contributed by atoms with Gasteiger partial charge in [0.15, 0.2) is 0 Å². The number of aryl methyl sites for hydroxylation is 2. The van der Waals surface area contributed by atoms with Crippen LogP contribution in [-0.2, 0) is 4.79 Å². The van der Waals surface area contributed by atoms with Crippen LogP contribution in [0.4, 0.5) is 0 Å². The summed E-state index contributed by atoms with van der Waals surface area (Å²) in [7, 11) is 0. The van der Waals surface area contributed by atoms with Crippen LogP contribution in [-0.4, -0.2) is 17.7 Å². The van der Waals surface area contributed by atoms with Gasteiger partial charge in [-0.3, -0.25) is 0 Å². The molecule has 0 unspecified atom stereocenters. The molecular formula is C19H20O3. The van der Waals surface area contributed by atoms with E-state index in [1.165, 1.54) is 0 Å². The third-order valence-electron chi connectivity index (χ3n) is 3.42. The average molecular weight is 296 g/mol. The number of hydrogen-bond acceptors (Lipinski definition) is 2. The summed E-state index contributed by atoms with van der Waals surface area (Å²) in [4.78, 5) is 11.6. The highest BCUT2D eigenvalue weighted by atomic mass is 16.5. The van der Waals surface area contributed by atoms with Crippen LogP contribution >= 0.6 is 0 Å². The number of carboxylic acids is 1. The molecule has 0 amide bonds. The summed E-state index contributed by atoms with van der Waals surface area (Å²) in [6, 6.07) is 13.2. The second-order valence-electron chi connectivity index (χ2n) is 5.18. The lowest BCUT2D eigenvalue weighted by atomic mass is 9.96. The minimum atomic E-state index is -0.928. The first-order chi connectivity index (χ1) is 10.5. The van der Waals surface area contributed by atoms with Gasteiger partial charge in [-0.15, -0.1) is 0 Å². The summed E-state index contributed by atoms with van der Waals surface area (Å²) in [6.07, 6.45) is 1.69. The average Bonchev–Trinajstić information content (AvgIpc) is 2.49. The molecule has 114 valence electrons. The van der Waals surface area contributed by atoms with Gasteiger partial charge in [0.05, 0.1) is 12.2 Å². The standard InChI is InChI=1S/C19H20O3/c1-4-22-16-9-7-15(8-10-16)12-18(19(20)21)17-11-13(2)5-6-14(17)3/h5-12H,4H2,1-3H3,(H,20,21)/b18-12-. The van der Waals surface area contributed by atoms with Crippen molar-refractivity contribution in [3.8, 4) is 5.75 Å². The van der Waals surface area contributed by atoms with E-state index in [1.54, 1.807) is 6.08 Å². The summed E-state index contributed by atoms with van der Waals surface area (Å²) in [5.41, 5.74) is 3.87. The maximum Gasteiger partial charge on any atom is 0.336 e. The molecule has 1 N–H and O–H groups in total. The smallest absolute Gasteiger partial charge is 0.336 e. The second kappa shape index (κ2) is 6.94. The Balaban J connectivity index is 2.43. The van der Waals surface area contributed by atoms with E-state index < -0.39 is 5.97 Å². The second-order valence-corrected chi connectivity index (χ2v) is 5.18. The molecule has 0 aliphatic heterocycles. The molecule has 0 aromatic heterocycles. The van der Waals surface area contributed by atoms with Gasteiger partial charge in [0.2, 0.25) is 0 Å². The summed E-state index contributed by atoms with van der Waals surface area (Å²) >= 11 is 0. The number of ether oxygens (including phenoxy) is 1. The van der Waals surface area contributed by atoms with Gasteiger partial charge in [-0.25, -0.2) is 4.79 Å². The van der Waals surface area contributed by atoms with E-state index in [4.69, 9.17) is 4.74 Å². The monoisotopic (exact) mass is 296 g/mol. The predicted molar refractivity (Wildman–Crippen MR) is 89.0 cm³/mol. The molecule has 2 rings (SSSR count). The van der Waals surface area contributed by atoms with E-state index in [9.17, 15) is 9.90 Å². The summed E-state index contributed by atoms with van der Waals surface area (Å²) in [6.45, 7) is 6.41. The fraction of sp³-hybridized carbons (Fsp3) is 0.211. The highest BCUT2D eigenvalue weighted by Crippen LogP contribution is 2.24. The fourth-order valence-corrected chi connectivity index (χ4v) is 2.27. The van der Waals surface area contributed by atoms with Crippen molar-refractivity contribution in [3.63, 3.8) is 0 Å². The predicted octanol–water partition coefficient (Wildman–Crippen LogP) is 4.33. The van der Waals surface area contributed by atoms with Crippen molar-refractivity contribution in [2.45, 2.75) is 20.8 Å². The Kier molecular flexibility index (Phi) is 4.99. The van der Waals surface area contributed by atoms with Gasteiger partial charge in [-0.1, -0.05) is 35.9 Å². The zero-order chi connectivity index (χ0) is 16.1. The minimum absolute atomic E-state index is 0.297. The number of carbonyl (C=O) groups is 1. The lowest BCUT2D eigenvalue weighted by molar-refractivity contribution is -0.130. The van der Waals surface area contributed by atoms with E-state index in [2.05, 4.69) is 0 Å². The Morgan fingerprint density at radius 2 is 1.82 bits per heavy atom. The molecular weight excluding hydrogens is 276 g/mol. The molecule has 22 heavy (non-hydrogen) atoms. The Morgan fingerprint density at radius 1 is 1.14 bits per heavy atom. The van der Waals surface area contributed by atoms with Crippen LogP contribution in [0.15, 0.2) is 42.5 Å². The molecule has 0 radical (unpaired) electrons. The molecule has 0 atom stereocenters. The topological polar surface area (TPSA) is 46.5 Å². The molecule has 0 saturated carbocycles. The lowest BCUT2D eigenvalue weighted by Crippen LogP contribution is -2.02. The van der Waals surface area contributed by atoms with Crippen molar-refractivity contribution in [2.24, 2.45) is 0 Å². The van der Waals surface area contributed by atoms with Crippen molar-refractivity contribution in [1.82, 2.24) is 0 Å². The van der Waals surface area contributed by atoms with Gasteiger partial charge >= 0.3 is 5.97 Å². The van der Waals surface area contributed by atoms with Crippen molar-refractivity contribution in [2.75, 3.05) is 6.61 Å². The van der Waals surface area contributed by atoms with Gasteiger partial charge in [0.25, 0.3) is 0 Å². The van der Waals surface area contributed by atoms with E-state index in [-0.39, 0.29) is 0 Å². The van der Waals surface area contributed by atoms with Crippen molar-refractivity contribution in [3.05, 3.63) is 64.7 Å². The van der Waals surface area contributed by atoms with E-state index in [1.807, 2.05) is 63.2 Å². The van der Waals surface area contributed by atoms with Crippen LogP contribution in [0.5, 0.6) is 5.75 Å². The fourth-order valence-electron chi connectivity index (χ4n) is 2.27. The van der Waals surface area contributed by atoms with E-state index in [0.29, 0.717) is 12.2 Å². The van der Waals surface area contributed by atoms with Crippen molar-refractivity contribution < 1.29 is 14.6 Å². The molecule has 2 aromatic carbocycles. The quantitative estimate of drug-likeness (QED) is 0.660. The normalized spacial score (nSPS) is 11.3. The van der Waals surface area contributed by atoms with E-state index >= 15 is 0 Å². The molecule has 3 nitrogen and oxygen atoms in total. The van der Waals surface area contributed by atoms with Crippen molar-refractivity contribution in [1.29, 1.82) is 0 Å². The van der Waals surface area contributed by atoms with Gasteiger partial charge in [-0.2, -0.15) is 0 Å². The zero-order valence-corrected chi connectivity index (χ0v) is 13.1. The molecule has 0 aliphatic rings. The molecule has 0 bridgehead atoms. The molecule has 2 aromatic rings. The largest absolute Gasteiger partial charge is 0.494 e. The highest BCUT2D eigenvalue weighted by Gasteiger charge is 2.13. The SMILES string of the molecule is CCOc1ccc(/C=C(\C(=O)O)c2cc(C)ccc2C)cc1. The molecule has 0 saturated heterocycles. The van der Waals surface area contributed by atoms with Gasteiger partial charge < -0.3 is 9.84 Å². The summed E-state index contributed by atoms with van der Waals surface area (Å²) in [5, 5.41) is 9.55. The first-order valence-electron chi connectivity index (χ1n) is 7.26. The first kappa shape index (κ1) is 15.8. The van der Waals surface area contributed by atoms with Gasteiger partial charge in [-0.05, 0) is 55.7 Å². The maximum absolute atomic E-state index is 11.6. The van der Waals surface area contributed by atoms with E-state index in [0.717, 1.165) is 28.0 Å². The number of rotatable bonds is 5. The number of aliphatic carboxylic acids is 1. The van der Waals surface area contributed by atoms with Crippen LogP contribution in [0.1, 0.15) is 29.2 Å². The third kappa shape index (κ3) is 3.76. The summed E-state index contributed by atoms with van der Waals surface area (Å²) < 4.78 is 5.40. The molecule has 3 heteroatoms. The number of benzene rings is 2. The molecule has 0 fully saturated rings. The Labute approximate surface area is 130 Å². The minimum Gasteiger partial charge on any atom is -0.494 e. The van der Waals surface area contributed by atoms with Crippen LogP contribution in [0.2, 0.25) is 0 Å². The Hall–Kier alpha value is -2.55. The first-order valence-corrected chi connectivity index (χ1v) is 7.26. The number of carboxylic acid groups (broad SMARTS) is 1. The van der Waals surface area contributed by atoms with Crippen LogP contribution in [0, 0.1) is 13.8 Å².